The van der Waals surface area contributed by atoms with Crippen LogP contribution >= 0.6 is 23.1 Å². The molecule has 1 fully saturated rings. The first-order chi connectivity index (χ1) is 6.90. The molecule has 0 N–H and O–H groups in total. The molecule has 1 aromatic rings. The minimum absolute atomic E-state index is 0.987. The lowest BCUT2D eigenvalue weighted by Gasteiger charge is -2.25. The first kappa shape index (κ1) is 9.98. The van der Waals surface area contributed by atoms with E-state index in [9.17, 15) is 0 Å². The summed E-state index contributed by atoms with van der Waals surface area (Å²) in [5.74, 6) is 0. The van der Waals surface area contributed by atoms with Gasteiger partial charge >= 0.3 is 0 Å². The van der Waals surface area contributed by atoms with Gasteiger partial charge in [-0.15, -0.1) is 10.2 Å². The zero-order valence-corrected chi connectivity index (χ0v) is 9.61. The second-order valence-corrected chi connectivity index (χ2v) is 5.35. The summed E-state index contributed by atoms with van der Waals surface area (Å²) in [6.07, 6.45) is 3.91. The van der Waals surface area contributed by atoms with E-state index >= 15 is 0 Å². The molecule has 0 saturated carbocycles. The Bertz CT molecular complexity index is 305. The van der Waals surface area contributed by atoms with E-state index in [0.29, 0.717) is 0 Å². The van der Waals surface area contributed by atoms with Gasteiger partial charge in [0.05, 0.1) is 0 Å². The number of piperidine rings is 1. The molecule has 0 spiro atoms. The van der Waals surface area contributed by atoms with Crippen molar-refractivity contribution in [3.05, 3.63) is 12.0 Å². The van der Waals surface area contributed by atoms with E-state index in [-0.39, 0.29) is 0 Å². The topological polar surface area (TPSA) is 29.0 Å². The van der Waals surface area contributed by atoms with Gasteiger partial charge < -0.3 is 4.90 Å². The maximum absolute atomic E-state index is 4.18. The maximum atomic E-state index is 4.18. The van der Waals surface area contributed by atoms with Crippen LogP contribution in [-0.2, 0) is 0 Å². The molecule has 1 saturated heterocycles. The summed E-state index contributed by atoms with van der Waals surface area (Å²) >= 11 is 3.20. The van der Waals surface area contributed by atoms with E-state index in [1.165, 1.54) is 19.3 Å². The first-order valence-corrected chi connectivity index (χ1v) is 6.46. The Balaban J connectivity index is 2.03. The molecule has 14 heavy (non-hydrogen) atoms. The van der Waals surface area contributed by atoms with Crippen LogP contribution in [0.4, 0.5) is 5.13 Å². The minimum atomic E-state index is 0.987. The molecule has 0 bridgehead atoms. The van der Waals surface area contributed by atoms with Gasteiger partial charge in [-0.05, 0) is 24.7 Å². The van der Waals surface area contributed by atoms with Gasteiger partial charge in [0.2, 0.25) is 5.13 Å². The second-order valence-electron chi connectivity index (χ2n) is 3.18. The van der Waals surface area contributed by atoms with E-state index in [0.717, 1.165) is 22.6 Å². The van der Waals surface area contributed by atoms with Gasteiger partial charge in [-0.3, -0.25) is 0 Å². The molecule has 1 aromatic heterocycles. The van der Waals surface area contributed by atoms with Gasteiger partial charge in [-0.25, -0.2) is 0 Å². The van der Waals surface area contributed by atoms with Crippen molar-refractivity contribution >= 4 is 28.2 Å². The molecule has 0 atom stereocenters. The van der Waals surface area contributed by atoms with E-state index < -0.39 is 0 Å². The first-order valence-electron chi connectivity index (χ1n) is 4.76. The summed E-state index contributed by atoms with van der Waals surface area (Å²) < 4.78 is 0.987. The lowest BCUT2D eigenvalue weighted by molar-refractivity contribution is 0.575. The van der Waals surface area contributed by atoms with E-state index in [2.05, 4.69) is 21.7 Å². The molecule has 5 heteroatoms. The molecular formula is C9H13N3S2. The predicted molar refractivity (Wildman–Crippen MR) is 62.0 cm³/mol. The van der Waals surface area contributed by atoms with Crippen molar-refractivity contribution in [3.8, 4) is 0 Å². The smallest absolute Gasteiger partial charge is 0.209 e. The number of aromatic nitrogens is 2. The molecule has 76 valence electrons. The average Bonchev–Trinajstić information content (AvgIpc) is 2.68. The number of rotatable bonds is 3. The lowest BCUT2D eigenvalue weighted by Crippen LogP contribution is -2.29. The summed E-state index contributed by atoms with van der Waals surface area (Å²) in [6, 6.07) is 0. The SMILES string of the molecule is C=CSc1nnc(N2CCCCC2)s1. The van der Waals surface area contributed by atoms with Crippen LogP contribution in [0.15, 0.2) is 16.3 Å². The molecule has 0 unspecified atom stereocenters. The van der Waals surface area contributed by atoms with Gasteiger partial charge in [0.25, 0.3) is 0 Å². The third-order valence-corrected chi connectivity index (χ3v) is 3.97. The van der Waals surface area contributed by atoms with Crippen LogP contribution < -0.4 is 4.90 Å². The monoisotopic (exact) mass is 227 g/mol. The standard InChI is InChI=1S/C9H13N3S2/c1-2-13-9-11-10-8(14-9)12-6-4-3-5-7-12/h2H,1,3-7H2. The Labute approximate surface area is 92.2 Å². The van der Waals surface area contributed by atoms with Gasteiger partial charge in [0.1, 0.15) is 0 Å². The highest BCUT2D eigenvalue weighted by molar-refractivity contribution is 8.03. The highest BCUT2D eigenvalue weighted by Crippen LogP contribution is 2.29. The summed E-state index contributed by atoms with van der Waals surface area (Å²) in [5, 5.41) is 11.1. The molecule has 3 nitrogen and oxygen atoms in total. The fourth-order valence-electron chi connectivity index (χ4n) is 1.53. The Hall–Kier alpha value is -0.550. The Kier molecular flexibility index (Phi) is 3.42. The molecule has 0 radical (unpaired) electrons. The van der Waals surface area contributed by atoms with E-state index in [1.54, 1.807) is 28.5 Å². The Morgan fingerprint density at radius 2 is 2.07 bits per heavy atom. The second kappa shape index (κ2) is 4.79. The molecule has 2 rings (SSSR count). The largest absolute Gasteiger partial charge is 0.347 e. The van der Waals surface area contributed by atoms with Crippen molar-refractivity contribution in [3.63, 3.8) is 0 Å². The summed E-state index contributed by atoms with van der Waals surface area (Å²) in [6.45, 7) is 5.93. The summed E-state index contributed by atoms with van der Waals surface area (Å²) in [4.78, 5) is 2.33. The van der Waals surface area contributed by atoms with Crippen molar-refractivity contribution in [1.82, 2.24) is 10.2 Å². The van der Waals surface area contributed by atoms with Gasteiger partial charge in [0.15, 0.2) is 4.34 Å². The van der Waals surface area contributed by atoms with Crippen molar-refractivity contribution < 1.29 is 0 Å². The van der Waals surface area contributed by atoms with Crippen LogP contribution in [0.3, 0.4) is 0 Å². The number of anilines is 1. The lowest BCUT2D eigenvalue weighted by atomic mass is 10.1. The predicted octanol–water partition coefficient (Wildman–Crippen LogP) is 2.76. The number of thioether (sulfide) groups is 1. The van der Waals surface area contributed by atoms with Crippen LogP contribution in [0.25, 0.3) is 0 Å². The fraction of sp³-hybridized carbons (Fsp3) is 0.556. The van der Waals surface area contributed by atoms with Crippen LogP contribution in [0.5, 0.6) is 0 Å². The van der Waals surface area contributed by atoms with Gasteiger partial charge in [-0.2, -0.15) is 0 Å². The molecule has 0 amide bonds. The zero-order valence-electron chi connectivity index (χ0n) is 7.98. The maximum Gasteiger partial charge on any atom is 0.209 e. The van der Waals surface area contributed by atoms with Crippen molar-refractivity contribution in [2.75, 3.05) is 18.0 Å². The normalized spacial score (nSPS) is 17.0. The molecule has 2 heterocycles. The van der Waals surface area contributed by atoms with Crippen LogP contribution in [0, 0.1) is 0 Å². The molecule has 1 aliphatic rings. The van der Waals surface area contributed by atoms with Crippen molar-refractivity contribution in [1.29, 1.82) is 0 Å². The van der Waals surface area contributed by atoms with E-state index in [1.807, 2.05) is 0 Å². The summed E-state index contributed by atoms with van der Waals surface area (Å²) in [7, 11) is 0. The highest BCUT2D eigenvalue weighted by atomic mass is 32.2. The van der Waals surface area contributed by atoms with Crippen LogP contribution in [-0.4, -0.2) is 23.3 Å². The van der Waals surface area contributed by atoms with E-state index in [4.69, 9.17) is 0 Å². The number of nitrogens with zero attached hydrogens (tertiary/aromatic N) is 3. The highest BCUT2D eigenvalue weighted by Gasteiger charge is 2.14. The third kappa shape index (κ3) is 2.27. The van der Waals surface area contributed by atoms with Crippen LogP contribution in [0.1, 0.15) is 19.3 Å². The molecule has 1 aliphatic heterocycles. The fourth-order valence-corrected chi connectivity index (χ4v) is 3.02. The van der Waals surface area contributed by atoms with Crippen molar-refractivity contribution in [2.24, 2.45) is 0 Å². The minimum Gasteiger partial charge on any atom is -0.347 e. The number of hydrogen-bond acceptors (Lipinski definition) is 5. The quantitative estimate of drug-likeness (QED) is 0.743. The molecule has 0 aromatic carbocycles. The number of hydrogen-bond donors (Lipinski definition) is 0. The Morgan fingerprint density at radius 1 is 1.29 bits per heavy atom. The molecule has 0 aliphatic carbocycles. The average molecular weight is 227 g/mol. The van der Waals surface area contributed by atoms with Gasteiger partial charge in [-0.1, -0.05) is 29.7 Å². The van der Waals surface area contributed by atoms with Crippen molar-refractivity contribution in [2.45, 2.75) is 23.6 Å². The van der Waals surface area contributed by atoms with Gasteiger partial charge in [0, 0.05) is 13.1 Å². The molecular weight excluding hydrogens is 214 g/mol. The third-order valence-electron chi connectivity index (χ3n) is 2.21. The van der Waals surface area contributed by atoms with Crippen LogP contribution in [0.2, 0.25) is 0 Å². The Morgan fingerprint density at radius 3 is 2.79 bits per heavy atom. The zero-order chi connectivity index (χ0) is 9.80. The summed E-state index contributed by atoms with van der Waals surface area (Å²) in [5.41, 5.74) is 0.